The van der Waals surface area contributed by atoms with Crippen molar-refractivity contribution in [3.63, 3.8) is 0 Å². The highest BCUT2D eigenvalue weighted by Crippen LogP contribution is 2.37. The van der Waals surface area contributed by atoms with E-state index in [1.54, 1.807) is 29.4 Å². The molecule has 1 aliphatic rings. The van der Waals surface area contributed by atoms with Crippen LogP contribution in [0.25, 0.3) is 32.8 Å². The number of hydrogen-bond acceptors (Lipinski definition) is 6. The van der Waals surface area contributed by atoms with Gasteiger partial charge in [0.15, 0.2) is 5.82 Å². The van der Waals surface area contributed by atoms with Crippen LogP contribution in [0.5, 0.6) is 5.75 Å². The van der Waals surface area contributed by atoms with Gasteiger partial charge in [-0.3, -0.25) is 4.79 Å². The molecule has 0 radical (unpaired) electrons. The number of hydrogen-bond donors (Lipinski definition) is 1. The normalized spacial score (nSPS) is 16.2. The van der Waals surface area contributed by atoms with Crippen LogP contribution in [-0.2, 0) is 18.3 Å². The number of carbonyl (C=O) groups excluding carboxylic acids is 2. The number of aromatic nitrogens is 3. The fraction of sp³-hybridized carbons (Fsp3) is 0.400. The maximum atomic E-state index is 13.4. The standard InChI is InChI=1S/C25H29N5O4S/c1-5-30-19(11-17-14(2)13-35-24(17)30)22-27-18-9-15(10-20(33-4)21(18)28(22)3)23(31)29-8-6-7-16(12-29)34-25(26)32/h9-11,13,16H,5-8,12H2,1-4H3,(H2,26,32)/t16-/m1/s1. The number of carbonyl (C=O) groups is 2. The van der Waals surface area contributed by atoms with Crippen molar-refractivity contribution in [2.75, 3.05) is 20.2 Å². The van der Waals surface area contributed by atoms with Crippen molar-refractivity contribution in [3.05, 3.63) is 34.7 Å². The molecule has 10 heteroatoms. The maximum absolute atomic E-state index is 13.4. The molecule has 9 nitrogen and oxygen atoms in total. The highest BCUT2D eigenvalue weighted by molar-refractivity contribution is 7.17. The minimum Gasteiger partial charge on any atom is -0.494 e. The first-order valence-corrected chi connectivity index (χ1v) is 12.6. The molecule has 4 heterocycles. The second-order valence-corrected chi connectivity index (χ2v) is 9.76. The zero-order valence-corrected chi connectivity index (χ0v) is 21.1. The van der Waals surface area contributed by atoms with Crippen LogP contribution in [0.2, 0.25) is 0 Å². The Bertz CT molecular complexity index is 1450. The van der Waals surface area contributed by atoms with E-state index in [9.17, 15) is 9.59 Å². The number of methoxy groups -OCH3 is 1. The molecule has 35 heavy (non-hydrogen) atoms. The summed E-state index contributed by atoms with van der Waals surface area (Å²) >= 11 is 1.74. The SMILES string of the molecule is CCn1c(-c2nc3cc(C(=O)N4CCC[C@@H](OC(N)=O)C4)cc(OC)c3n2C)cc2c(C)csc21. The summed E-state index contributed by atoms with van der Waals surface area (Å²) in [6, 6.07) is 5.77. The Morgan fingerprint density at radius 2 is 2.09 bits per heavy atom. The Kier molecular flexibility index (Phi) is 5.92. The van der Waals surface area contributed by atoms with E-state index >= 15 is 0 Å². The predicted octanol–water partition coefficient (Wildman–Crippen LogP) is 4.29. The first kappa shape index (κ1) is 23.2. The van der Waals surface area contributed by atoms with Crippen LogP contribution in [0.4, 0.5) is 4.79 Å². The average Bonchev–Trinajstić information content (AvgIpc) is 3.49. The predicted molar refractivity (Wildman–Crippen MR) is 136 cm³/mol. The van der Waals surface area contributed by atoms with Gasteiger partial charge in [0.25, 0.3) is 5.91 Å². The van der Waals surface area contributed by atoms with E-state index in [1.807, 2.05) is 17.7 Å². The second-order valence-electron chi connectivity index (χ2n) is 8.90. The number of ether oxygens (including phenoxy) is 2. The van der Waals surface area contributed by atoms with Gasteiger partial charge in [0.2, 0.25) is 0 Å². The van der Waals surface area contributed by atoms with Crippen molar-refractivity contribution in [2.24, 2.45) is 12.8 Å². The Hall–Kier alpha value is -3.53. The number of nitrogens with two attached hydrogens (primary N) is 1. The number of thiophene rings is 1. The van der Waals surface area contributed by atoms with Crippen LogP contribution in [-0.4, -0.2) is 57.3 Å². The van der Waals surface area contributed by atoms with E-state index in [0.29, 0.717) is 36.3 Å². The number of amides is 2. The second kappa shape index (κ2) is 8.92. The van der Waals surface area contributed by atoms with Gasteiger partial charge in [0.1, 0.15) is 22.2 Å². The summed E-state index contributed by atoms with van der Waals surface area (Å²) in [6.45, 7) is 5.98. The van der Waals surface area contributed by atoms with E-state index in [2.05, 4.69) is 29.9 Å². The van der Waals surface area contributed by atoms with Crippen molar-refractivity contribution in [3.8, 4) is 17.3 Å². The van der Waals surface area contributed by atoms with Crippen molar-refractivity contribution in [1.29, 1.82) is 0 Å². The van der Waals surface area contributed by atoms with Crippen LogP contribution < -0.4 is 10.5 Å². The lowest BCUT2D eigenvalue weighted by Crippen LogP contribution is -2.44. The van der Waals surface area contributed by atoms with E-state index in [1.165, 1.54) is 15.8 Å². The molecular weight excluding hydrogens is 466 g/mol. The summed E-state index contributed by atoms with van der Waals surface area (Å²) in [5.41, 5.74) is 9.47. The Labute approximate surface area is 207 Å². The Morgan fingerprint density at radius 3 is 2.80 bits per heavy atom. The average molecular weight is 496 g/mol. The van der Waals surface area contributed by atoms with Crippen molar-refractivity contribution >= 4 is 44.6 Å². The fourth-order valence-electron chi connectivity index (χ4n) is 5.03. The van der Waals surface area contributed by atoms with E-state index in [-0.39, 0.29) is 5.91 Å². The topological polar surface area (TPSA) is 105 Å². The quantitative estimate of drug-likeness (QED) is 0.445. The van der Waals surface area contributed by atoms with Gasteiger partial charge >= 0.3 is 6.09 Å². The molecule has 0 spiro atoms. The number of benzene rings is 1. The van der Waals surface area contributed by atoms with Crippen LogP contribution in [0.15, 0.2) is 23.6 Å². The summed E-state index contributed by atoms with van der Waals surface area (Å²) in [4.78, 5) is 32.4. The van der Waals surface area contributed by atoms with Crippen molar-refractivity contribution < 1.29 is 19.1 Å². The first-order chi connectivity index (χ1) is 16.8. The van der Waals surface area contributed by atoms with Gasteiger partial charge in [-0.15, -0.1) is 11.3 Å². The molecule has 2 N–H and O–H groups in total. The molecule has 1 saturated heterocycles. The Morgan fingerprint density at radius 1 is 1.29 bits per heavy atom. The lowest BCUT2D eigenvalue weighted by Gasteiger charge is -2.32. The summed E-state index contributed by atoms with van der Waals surface area (Å²) < 4.78 is 15.2. The number of aryl methyl sites for hydroxylation is 3. The minimum atomic E-state index is -0.819. The van der Waals surface area contributed by atoms with Gasteiger partial charge in [-0.1, -0.05) is 0 Å². The first-order valence-electron chi connectivity index (χ1n) is 11.7. The molecule has 1 aromatic carbocycles. The molecule has 3 aromatic heterocycles. The maximum Gasteiger partial charge on any atom is 0.404 e. The molecule has 2 amide bonds. The number of imidazole rings is 1. The van der Waals surface area contributed by atoms with Crippen LogP contribution in [0.1, 0.15) is 35.7 Å². The highest BCUT2D eigenvalue weighted by atomic mass is 32.1. The van der Waals surface area contributed by atoms with Gasteiger partial charge < -0.3 is 29.2 Å². The number of primary amides is 1. The zero-order valence-electron chi connectivity index (χ0n) is 20.3. The molecule has 5 rings (SSSR count). The summed E-state index contributed by atoms with van der Waals surface area (Å²) in [5, 5.41) is 3.41. The van der Waals surface area contributed by atoms with E-state index in [0.717, 1.165) is 30.0 Å². The monoisotopic (exact) mass is 495 g/mol. The molecule has 4 aromatic rings. The smallest absolute Gasteiger partial charge is 0.404 e. The number of likely N-dealkylation sites (tertiary alicyclic amines) is 1. The number of rotatable bonds is 5. The van der Waals surface area contributed by atoms with Crippen LogP contribution in [0, 0.1) is 6.92 Å². The number of nitrogens with zero attached hydrogens (tertiary/aromatic N) is 4. The third kappa shape index (κ3) is 3.91. The summed E-state index contributed by atoms with van der Waals surface area (Å²) in [5.74, 6) is 1.25. The van der Waals surface area contributed by atoms with Crippen LogP contribution in [0.3, 0.4) is 0 Å². The lowest BCUT2D eigenvalue weighted by molar-refractivity contribution is 0.0373. The highest BCUT2D eigenvalue weighted by Gasteiger charge is 2.28. The summed E-state index contributed by atoms with van der Waals surface area (Å²) in [6.07, 6.45) is 0.213. The van der Waals surface area contributed by atoms with E-state index < -0.39 is 12.2 Å². The fourth-order valence-corrected chi connectivity index (χ4v) is 6.15. The van der Waals surface area contributed by atoms with Gasteiger partial charge in [-0.25, -0.2) is 9.78 Å². The molecule has 1 fully saturated rings. The third-order valence-electron chi connectivity index (χ3n) is 6.71. The molecule has 1 atom stereocenters. The molecule has 0 saturated carbocycles. The molecule has 0 bridgehead atoms. The number of fused-ring (bicyclic) bond motifs is 2. The molecule has 0 unspecified atom stereocenters. The van der Waals surface area contributed by atoms with Crippen molar-refractivity contribution in [2.45, 2.75) is 39.3 Å². The van der Waals surface area contributed by atoms with E-state index in [4.69, 9.17) is 20.2 Å². The van der Waals surface area contributed by atoms with Gasteiger partial charge in [-0.2, -0.15) is 0 Å². The molecular formula is C25H29N5O4S. The molecule has 1 aliphatic heterocycles. The zero-order chi connectivity index (χ0) is 24.9. The lowest BCUT2D eigenvalue weighted by atomic mass is 10.1. The molecule has 0 aliphatic carbocycles. The molecule has 184 valence electrons. The van der Waals surface area contributed by atoms with Gasteiger partial charge in [0.05, 0.1) is 24.9 Å². The third-order valence-corrected chi connectivity index (χ3v) is 7.85. The van der Waals surface area contributed by atoms with Crippen LogP contribution >= 0.6 is 11.3 Å². The largest absolute Gasteiger partial charge is 0.494 e. The summed E-state index contributed by atoms with van der Waals surface area (Å²) in [7, 11) is 3.57. The van der Waals surface area contributed by atoms with Gasteiger partial charge in [-0.05, 0) is 55.8 Å². The number of piperidine rings is 1. The minimum absolute atomic E-state index is 0.150. The van der Waals surface area contributed by atoms with Crippen molar-refractivity contribution in [1.82, 2.24) is 19.0 Å². The van der Waals surface area contributed by atoms with Gasteiger partial charge in [0, 0.05) is 31.1 Å². The Balaban J connectivity index is 1.56.